The van der Waals surface area contributed by atoms with Crippen LogP contribution in [0.15, 0.2) is 94.7 Å². The van der Waals surface area contributed by atoms with Gasteiger partial charge in [0.25, 0.3) is 0 Å². The van der Waals surface area contributed by atoms with Gasteiger partial charge in [-0.15, -0.1) is 0 Å². The zero-order valence-electron chi connectivity index (χ0n) is 25.4. The first-order chi connectivity index (χ1) is 23.0. The third-order valence-corrected chi connectivity index (χ3v) is 9.82. The minimum absolute atomic E-state index is 0. The molecule has 243 valence electrons. The number of rotatable bonds is 2. The maximum atomic E-state index is 12.3. The van der Waals surface area contributed by atoms with E-state index in [0.717, 1.165) is 0 Å². The summed E-state index contributed by atoms with van der Waals surface area (Å²) in [6.45, 7) is 0. The second-order valence-electron chi connectivity index (χ2n) is 11.0. The van der Waals surface area contributed by atoms with Crippen LogP contribution in [0.4, 0.5) is 0 Å². The Morgan fingerprint density at radius 3 is 1.20 bits per heavy atom. The van der Waals surface area contributed by atoms with Crippen molar-refractivity contribution in [3.05, 3.63) is 84.9 Å². The van der Waals surface area contributed by atoms with Crippen LogP contribution in [0.25, 0.3) is 89.7 Å². The van der Waals surface area contributed by atoms with Gasteiger partial charge in [0.2, 0.25) is 10.0 Å². The van der Waals surface area contributed by atoms with Crippen LogP contribution in [-0.2, 0) is 37.2 Å². The Balaban J connectivity index is 0.00000196. The first-order valence-electron chi connectivity index (χ1n) is 14.2. The number of aromatic nitrogens is 8. The molecule has 0 atom stereocenters. The van der Waals surface area contributed by atoms with Crippen molar-refractivity contribution in [3.8, 4) is 45.6 Å². The van der Waals surface area contributed by atoms with Crippen molar-refractivity contribution >= 4 is 64.3 Å². The van der Waals surface area contributed by atoms with E-state index in [2.05, 4.69) is 4.98 Å². The number of nitrogens with zero attached hydrogens (tertiary/aromatic N) is 8. The summed E-state index contributed by atoms with van der Waals surface area (Å²) in [5.74, 6) is 1.01. The van der Waals surface area contributed by atoms with Crippen LogP contribution in [0.2, 0.25) is 0 Å². The molecule has 0 amide bonds. The topological polar surface area (TPSA) is 223 Å². The third-order valence-electron chi connectivity index (χ3n) is 8.08. The van der Waals surface area contributed by atoms with Crippen molar-refractivity contribution in [1.29, 1.82) is 0 Å². The largest absolute Gasteiger partial charge is 2.00 e. The maximum Gasteiger partial charge on any atom is 2.00 e. The molecule has 1 radical (unpaired) electrons. The van der Waals surface area contributed by atoms with Gasteiger partial charge in [0.15, 0.2) is 0 Å². The number of fused-ring (bicyclic) bond motifs is 20. The van der Waals surface area contributed by atoms with E-state index in [1.807, 2.05) is 36.4 Å². The summed E-state index contributed by atoms with van der Waals surface area (Å²) < 4.78 is 60.5. The van der Waals surface area contributed by atoms with E-state index in [1.54, 1.807) is 18.2 Å². The molecule has 3 aromatic heterocycles. The van der Waals surface area contributed by atoms with Crippen LogP contribution in [0.5, 0.6) is 0 Å². The summed E-state index contributed by atoms with van der Waals surface area (Å²) in [5.41, 5.74) is 3.16. The van der Waals surface area contributed by atoms with E-state index in [9.17, 15) is 21.4 Å². The summed E-state index contributed by atoms with van der Waals surface area (Å²) in [5, 5.41) is 7.05. The van der Waals surface area contributed by atoms with Gasteiger partial charge in [-0.1, -0.05) is 60.7 Å². The average molecular weight is 757 g/mol. The van der Waals surface area contributed by atoms with Crippen molar-refractivity contribution in [3.63, 3.8) is 0 Å². The molecule has 0 spiro atoms. The average Bonchev–Trinajstić information content (AvgIpc) is 3.79. The van der Waals surface area contributed by atoms with Crippen LogP contribution in [-0.4, -0.2) is 51.3 Å². The van der Waals surface area contributed by atoms with Crippen LogP contribution < -0.4 is 44.7 Å². The third kappa shape index (κ3) is 5.53. The van der Waals surface area contributed by atoms with Gasteiger partial charge in [-0.05, 0) is 45.8 Å². The molecular formula is C32H16CuN9NaO5S2. The SMILES string of the molecule is NS(=O)(=O)c1ccc2c3nc4nc(nc5[n-]c(nc6nc(nc([n-]3)c2c1)-c1ccccc1-6)c1ccc(S(=O)(=O)[O-])cc51)-c1ccccc1-4.[Cu+2].[Na+]. The molecule has 0 aliphatic carbocycles. The first kappa shape index (κ1) is 34.0. The van der Waals surface area contributed by atoms with Crippen LogP contribution >= 0.6 is 0 Å². The van der Waals surface area contributed by atoms with Gasteiger partial charge in [0, 0.05) is 44.8 Å². The predicted octanol–water partition coefficient (Wildman–Crippen LogP) is 0.680. The van der Waals surface area contributed by atoms with Gasteiger partial charge in [-0.2, -0.15) is 0 Å². The van der Waals surface area contributed by atoms with Crippen LogP contribution in [0.3, 0.4) is 0 Å². The first-order valence-corrected chi connectivity index (χ1v) is 17.1. The zero-order chi connectivity index (χ0) is 32.9. The fourth-order valence-electron chi connectivity index (χ4n) is 5.85. The molecule has 7 aromatic rings. The molecular weight excluding hydrogens is 741 g/mol. The summed E-state index contributed by atoms with van der Waals surface area (Å²) in [4.78, 5) is 37.3. The van der Waals surface area contributed by atoms with Crippen molar-refractivity contribution in [2.24, 2.45) is 5.14 Å². The Bertz CT molecular complexity index is 2790. The van der Waals surface area contributed by atoms with Gasteiger partial charge >= 0.3 is 46.6 Å². The number of sulfonamides is 1. The molecule has 18 heteroatoms. The molecule has 14 nitrogen and oxygen atoms in total. The molecule has 50 heavy (non-hydrogen) atoms. The van der Waals surface area contributed by atoms with Crippen molar-refractivity contribution < 1.29 is 68.0 Å². The molecule has 0 saturated heterocycles. The Kier molecular flexibility index (Phi) is 8.25. The summed E-state index contributed by atoms with van der Waals surface area (Å²) in [7, 11) is -8.85. The van der Waals surface area contributed by atoms with Crippen LogP contribution in [0, 0.1) is 0 Å². The van der Waals surface area contributed by atoms with E-state index in [1.165, 1.54) is 30.3 Å². The smallest absolute Gasteiger partial charge is 0.744 e. The van der Waals surface area contributed by atoms with Gasteiger partial charge in [-0.3, -0.25) is 0 Å². The van der Waals surface area contributed by atoms with Gasteiger partial charge < -0.3 is 34.5 Å². The zero-order valence-corrected chi connectivity index (χ0v) is 30.0. The van der Waals surface area contributed by atoms with Crippen molar-refractivity contribution in [2.45, 2.75) is 9.79 Å². The molecule has 2 aliphatic heterocycles. The second-order valence-corrected chi connectivity index (χ2v) is 13.9. The minimum atomic E-state index is -4.79. The predicted molar refractivity (Wildman–Crippen MR) is 173 cm³/mol. The monoisotopic (exact) mass is 756 g/mol. The fourth-order valence-corrected chi connectivity index (χ4v) is 6.89. The summed E-state index contributed by atoms with van der Waals surface area (Å²) in [6, 6.07) is 22.7. The van der Waals surface area contributed by atoms with Crippen molar-refractivity contribution in [1.82, 2.24) is 39.9 Å². The molecule has 0 fully saturated rings. The normalized spacial score (nSPS) is 12.2. The van der Waals surface area contributed by atoms with Crippen LogP contribution in [0.1, 0.15) is 0 Å². The Hall–Kier alpha value is -4.42. The van der Waals surface area contributed by atoms with E-state index in [0.29, 0.717) is 38.4 Å². The quantitative estimate of drug-likeness (QED) is 0.190. The second kappa shape index (κ2) is 12.1. The summed E-state index contributed by atoms with van der Waals surface area (Å²) in [6.07, 6.45) is 0. The number of benzene rings is 4. The minimum Gasteiger partial charge on any atom is -0.744 e. The molecule has 8 bridgehead atoms. The Morgan fingerprint density at radius 1 is 0.500 bits per heavy atom. The van der Waals surface area contributed by atoms with Crippen molar-refractivity contribution in [2.75, 3.05) is 0 Å². The molecule has 4 aromatic carbocycles. The van der Waals surface area contributed by atoms with Gasteiger partial charge in [0.05, 0.1) is 33.1 Å². The number of primary sulfonamides is 1. The fraction of sp³-hybridized carbons (Fsp3) is 0. The number of nitrogens with two attached hydrogens (primary N) is 1. The maximum absolute atomic E-state index is 12.3. The molecule has 2 aliphatic rings. The van der Waals surface area contributed by atoms with Gasteiger partial charge in [-0.25, -0.2) is 31.9 Å². The van der Waals surface area contributed by atoms with Gasteiger partial charge in [0.1, 0.15) is 10.1 Å². The molecule has 9 rings (SSSR count). The Morgan fingerprint density at radius 2 is 0.840 bits per heavy atom. The molecule has 0 unspecified atom stereocenters. The Labute approximate surface area is 315 Å². The number of hydrogen-bond acceptors (Lipinski definition) is 11. The number of hydrogen-bond donors (Lipinski definition) is 1. The summed E-state index contributed by atoms with van der Waals surface area (Å²) >= 11 is 0. The molecule has 2 N–H and O–H groups in total. The van der Waals surface area contributed by atoms with E-state index in [-0.39, 0.29) is 103 Å². The molecule has 5 heterocycles. The van der Waals surface area contributed by atoms with E-state index < -0.39 is 25.0 Å². The van der Waals surface area contributed by atoms with E-state index >= 15 is 0 Å². The molecule has 0 saturated carbocycles. The van der Waals surface area contributed by atoms with E-state index in [4.69, 9.17) is 40.0 Å². The standard InChI is InChI=1S/C32H17N9O5S2.Cu.Na/c33-47(42,43)15-9-11-21-23(13-15)31-38-27-19-7-3-1-5-17(19)26(34-27)37-30-22-12-10-16(48(44,45)46)14-24(22)32(41-30)39-28-20-8-4-2-6-18(20)25(35-28)36-29(21)40-31;;/h1-14H,(H3-2,33,34,35,36,37,38,39,40,41,42,43,44,45,46);;/q-2;+2;+1/p-1.